The van der Waals surface area contributed by atoms with E-state index in [1.54, 1.807) is 12.1 Å². The second kappa shape index (κ2) is 6.60. The molecule has 0 radical (unpaired) electrons. The number of sulfonamides is 1. The molecular formula is C15H17NO4S2. The van der Waals surface area contributed by atoms with Crippen molar-refractivity contribution in [2.75, 3.05) is 14.2 Å². The highest BCUT2D eigenvalue weighted by molar-refractivity contribution is 7.89. The van der Waals surface area contributed by atoms with Crippen molar-refractivity contribution in [2.45, 2.75) is 18.4 Å². The van der Waals surface area contributed by atoms with Gasteiger partial charge in [0.05, 0.1) is 17.6 Å². The molecule has 0 fully saturated rings. The van der Waals surface area contributed by atoms with Crippen LogP contribution in [-0.2, 0) is 21.3 Å². The fourth-order valence-electron chi connectivity index (χ4n) is 1.99. The first-order valence-electron chi connectivity index (χ1n) is 6.54. The number of benzene rings is 1. The maximum absolute atomic E-state index is 12.7. The Bertz CT molecular complexity index is 780. The van der Waals surface area contributed by atoms with Gasteiger partial charge in [0.25, 0.3) is 0 Å². The number of hydrogen-bond acceptors (Lipinski definition) is 5. The van der Waals surface area contributed by atoms with Crippen LogP contribution in [-0.4, -0.2) is 32.8 Å². The van der Waals surface area contributed by atoms with E-state index in [9.17, 15) is 13.2 Å². The summed E-state index contributed by atoms with van der Waals surface area (Å²) in [5, 5.41) is 1.92. The Morgan fingerprint density at radius 2 is 1.95 bits per heavy atom. The molecule has 0 bridgehead atoms. The van der Waals surface area contributed by atoms with Gasteiger partial charge in [0.2, 0.25) is 10.0 Å². The highest BCUT2D eigenvalue weighted by Gasteiger charge is 2.27. The van der Waals surface area contributed by atoms with E-state index in [0.717, 1.165) is 10.4 Å². The van der Waals surface area contributed by atoms with Crippen LogP contribution in [0.1, 0.15) is 20.8 Å². The van der Waals surface area contributed by atoms with Crippen LogP contribution >= 0.6 is 11.3 Å². The number of aryl methyl sites for hydroxylation is 1. The third kappa shape index (κ3) is 3.21. The molecule has 0 amide bonds. The maximum Gasteiger partial charge on any atom is 0.339 e. The zero-order valence-electron chi connectivity index (χ0n) is 12.6. The fourth-order valence-corrected chi connectivity index (χ4v) is 4.35. The second-order valence-corrected chi connectivity index (χ2v) is 7.79. The van der Waals surface area contributed by atoms with Gasteiger partial charge in [-0.15, -0.1) is 11.3 Å². The molecule has 0 aliphatic carbocycles. The molecular weight excluding hydrogens is 322 g/mol. The lowest BCUT2D eigenvalue weighted by Crippen LogP contribution is -2.28. The third-order valence-electron chi connectivity index (χ3n) is 3.32. The Labute approximate surface area is 134 Å². The average Bonchev–Trinajstić information content (AvgIpc) is 2.91. The summed E-state index contributed by atoms with van der Waals surface area (Å²) >= 11 is 1.51. The minimum atomic E-state index is -3.78. The van der Waals surface area contributed by atoms with E-state index in [2.05, 4.69) is 4.74 Å². The van der Waals surface area contributed by atoms with Gasteiger partial charge in [-0.3, -0.25) is 0 Å². The smallest absolute Gasteiger partial charge is 0.339 e. The normalized spacial score (nSPS) is 11.6. The van der Waals surface area contributed by atoms with Crippen molar-refractivity contribution >= 4 is 27.3 Å². The Morgan fingerprint density at radius 1 is 1.27 bits per heavy atom. The minimum absolute atomic E-state index is 0.0414. The van der Waals surface area contributed by atoms with Gasteiger partial charge in [-0.25, -0.2) is 13.2 Å². The quantitative estimate of drug-likeness (QED) is 0.786. The van der Waals surface area contributed by atoms with E-state index in [1.807, 2.05) is 18.4 Å². The summed E-state index contributed by atoms with van der Waals surface area (Å²) in [6.45, 7) is 2.20. The van der Waals surface area contributed by atoms with Gasteiger partial charge in [-0.05, 0) is 36.1 Å². The molecule has 0 atom stereocenters. The SMILES string of the molecule is COC(=O)c1ccccc1S(=O)(=O)N(C)Cc1sccc1C. The molecule has 0 aliphatic rings. The van der Waals surface area contributed by atoms with Gasteiger partial charge in [0, 0.05) is 18.5 Å². The molecule has 1 heterocycles. The Morgan fingerprint density at radius 3 is 2.55 bits per heavy atom. The molecule has 118 valence electrons. The predicted octanol–water partition coefficient (Wildman–Crippen LogP) is 2.66. The number of hydrogen-bond donors (Lipinski definition) is 0. The molecule has 0 unspecified atom stereocenters. The van der Waals surface area contributed by atoms with Gasteiger partial charge in [0.15, 0.2) is 0 Å². The van der Waals surface area contributed by atoms with Gasteiger partial charge >= 0.3 is 5.97 Å². The molecule has 7 heteroatoms. The van der Waals surface area contributed by atoms with Crippen molar-refractivity contribution in [3.63, 3.8) is 0 Å². The predicted molar refractivity (Wildman–Crippen MR) is 85.5 cm³/mol. The Kier molecular flexibility index (Phi) is 5.00. The molecule has 0 spiro atoms. The average molecular weight is 339 g/mol. The van der Waals surface area contributed by atoms with Crippen LogP contribution < -0.4 is 0 Å². The molecule has 0 saturated carbocycles. The standard InChI is InChI=1S/C15H17NO4S2/c1-11-8-9-21-13(11)10-16(2)22(18,19)14-7-5-4-6-12(14)15(17)20-3/h4-9H,10H2,1-3H3. The first-order chi connectivity index (χ1) is 10.4. The van der Waals surface area contributed by atoms with E-state index in [0.29, 0.717) is 0 Å². The van der Waals surface area contributed by atoms with E-state index < -0.39 is 16.0 Å². The summed E-state index contributed by atoms with van der Waals surface area (Å²) in [7, 11) is -1.05. The van der Waals surface area contributed by atoms with Crippen molar-refractivity contribution in [2.24, 2.45) is 0 Å². The molecule has 5 nitrogen and oxygen atoms in total. The zero-order chi connectivity index (χ0) is 16.3. The number of nitrogens with zero attached hydrogens (tertiary/aromatic N) is 1. The van der Waals surface area contributed by atoms with Crippen LogP contribution in [0, 0.1) is 6.92 Å². The fraction of sp³-hybridized carbons (Fsp3) is 0.267. The summed E-state index contributed by atoms with van der Waals surface area (Å²) in [5.74, 6) is -0.667. The largest absolute Gasteiger partial charge is 0.465 e. The van der Waals surface area contributed by atoms with Gasteiger partial charge in [0.1, 0.15) is 0 Å². The van der Waals surface area contributed by atoms with Gasteiger partial charge in [-0.2, -0.15) is 4.31 Å². The first kappa shape index (κ1) is 16.7. The summed E-state index contributed by atoms with van der Waals surface area (Å²) in [6.07, 6.45) is 0. The van der Waals surface area contributed by atoms with Crippen molar-refractivity contribution in [1.82, 2.24) is 4.31 Å². The lowest BCUT2D eigenvalue weighted by atomic mass is 10.2. The van der Waals surface area contributed by atoms with Crippen molar-refractivity contribution in [3.05, 3.63) is 51.7 Å². The van der Waals surface area contributed by atoms with E-state index in [1.165, 1.54) is 41.9 Å². The lowest BCUT2D eigenvalue weighted by Gasteiger charge is -2.18. The Balaban J connectivity index is 2.38. The number of carbonyl (C=O) groups excluding carboxylic acids is 1. The third-order valence-corrected chi connectivity index (χ3v) is 6.18. The van der Waals surface area contributed by atoms with Crippen LogP contribution in [0.2, 0.25) is 0 Å². The topological polar surface area (TPSA) is 63.7 Å². The Hall–Kier alpha value is -1.70. The highest BCUT2D eigenvalue weighted by Crippen LogP contribution is 2.24. The zero-order valence-corrected chi connectivity index (χ0v) is 14.2. The molecule has 0 N–H and O–H groups in total. The summed E-state index contributed by atoms with van der Waals surface area (Å²) in [4.78, 5) is 12.7. The van der Waals surface area contributed by atoms with Crippen molar-refractivity contribution in [3.8, 4) is 0 Å². The number of rotatable bonds is 5. The van der Waals surface area contributed by atoms with Crippen molar-refractivity contribution < 1.29 is 17.9 Å². The van der Waals surface area contributed by atoms with E-state index in [-0.39, 0.29) is 17.0 Å². The minimum Gasteiger partial charge on any atom is -0.465 e. The number of ether oxygens (including phenoxy) is 1. The van der Waals surface area contributed by atoms with Gasteiger partial charge < -0.3 is 4.74 Å². The van der Waals surface area contributed by atoms with E-state index in [4.69, 9.17) is 0 Å². The van der Waals surface area contributed by atoms with Crippen LogP contribution in [0.5, 0.6) is 0 Å². The van der Waals surface area contributed by atoms with Crippen molar-refractivity contribution in [1.29, 1.82) is 0 Å². The van der Waals surface area contributed by atoms with E-state index >= 15 is 0 Å². The second-order valence-electron chi connectivity index (χ2n) is 4.78. The monoisotopic (exact) mass is 339 g/mol. The molecule has 2 aromatic rings. The number of thiophene rings is 1. The summed E-state index contributed by atoms with van der Waals surface area (Å²) < 4.78 is 31.4. The molecule has 1 aromatic heterocycles. The number of carbonyl (C=O) groups is 1. The van der Waals surface area contributed by atoms with Crippen LogP contribution in [0.25, 0.3) is 0 Å². The first-order valence-corrected chi connectivity index (χ1v) is 8.86. The molecule has 22 heavy (non-hydrogen) atoms. The van der Waals surface area contributed by atoms with Crippen LogP contribution in [0.4, 0.5) is 0 Å². The molecule has 0 aliphatic heterocycles. The summed E-state index contributed by atoms with van der Waals surface area (Å²) in [5.41, 5.74) is 1.09. The number of methoxy groups -OCH3 is 1. The molecule has 2 rings (SSSR count). The molecule has 0 saturated heterocycles. The van der Waals surface area contributed by atoms with Crippen LogP contribution in [0.3, 0.4) is 0 Å². The number of esters is 1. The summed E-state index contributed by atoms with van der Waals surface area (Å²) in [6, 6.07) is 8.00. The lowest BCUT2D eigenvalue weighted by molar-refractivity contribution is 0.0596. The maximum atomic E-state index is 12.7. The van der Waals surface area contributed by atoms with Gasteiger partial charge in [-0.1, -0.05) is 12.1 Å². The molecule has 1 aromatic carbocycles. The van der Waals surface area contributed by atoms with Crippen LogP contribution in [0.15, 0.2) is 40.6 Å². The highest BCUT2D eigenvalue weighted by atomic mass is 32.2.